The lowest BCUT2D eigenvalue weighted by Gasteiger charge is -2.46. The molecule has 0 aliphatic carbocycles. The van der Waals surface area contributed by atoms with Gasteiger partial charge in [-0.3, -0.25) is 10.2 Å². The minimum Gasteiger partial charge on any atom is -0.457 e. The fourth-order valence-corrected chi connectivity index (χ4v) is 6.17. The fraction of sp³-hybridized carbons (Fsp3) is 0.417. The summed E-state index contributed by atoms with van der Waals surface area (Å²) in [4.78, 5) is 14.0. The van der Waals surface area contributed by atoms with Crippen LogP contribution in [0.5, 0.6) is 11.5 Å². The zero-order valence-corrected chi connectivity index (χ0v) is 19.3. The molecule has 32 heavy (non-hydrogen) atoms. The van der Waals surface area contributed by atoms with Gasteiger partial charge in [-0.25, -0.2) is 8.42 Å². The van der Waals surface area contributed by atoms with Crippen LogP contribution < -0.4 is 4.74 Å². The summed E-state index contributed by atoms with van der Waals surface area (Å²) in [6, 6.07) is 15.8. The number of carbonyl (C=O) groups excluding carboxylic acids is 1. The Hall–Kier alpha value is -2.71. The number of para-hydroxylation sites is 1. The van der Waals surface area contributed by atoms with Crippen molar-refractivity contribution in [2.45, 2.75) is 37.5 Å². The average Bonchev–Trinajstić information content (AvgIpc) is 2.79. The Morgan fingerprint density at radius 1 is 1.03 bits per heavy atom. The van der Waals surface area contributed by atoms with E-state index in [0.717, 1.165) is 12.8 Å². The number of rotatable bonds is 5. The van der Waals surface area contributed by atoms with Crippen molar-refractivity contribution < 1.29 is 17.9 Å². The topological polar surface area (TPSA) is 90.8 Å². The first-order chi connectivity index (χ1) is 15.2. The lowest BCUT2D eigenvalue weighted by atomic mass is 9.67. The Morgan fingerprint density at radius 2 is 1.69 bits per heavy atom. The first-order valence-electron chi connectivity index (χ1n) is 10.9. The Morgan fingerprint density at radius 3 is 2.34 bits per heavy atom. The van der Waals surface area contributed by atoms with Gasteiger partial charge in [-0.05, 0) is 60.6 Å². The molecule has 0 radical (unpaired) electrons. The SMILES string of the molecule is CN1C(=N)C[C@](C)(C2CCCN(S(=O)(=O)c3ccc(Oc4ccccc4)cc3)C2)CC1=O. The van der Waals surface area contributed by atoms with E-state index < -0.39 is 15.4 Å². The second-order valence-electron chi connectivity index (χ2n) is 9.00. The number of nitrogens with one attached hydrogen (secondary N) is 1. The van der Waals surface area contributed by atoms with Gasteiger partial charge in [-0.1, -0.05) is 25.1 Å². The highest BCUT2D eigenvalue weighted by Crippen LogP contribution is 2.44. The molecular weight excluding hydrogens is 426 g/mol. The number of likely N-dealkylation sites (tertiary alicyclic amines) is 1. The summed E-state index contributed by atoms with van der Waals surface area (Å²) in [5, 5.41) is 8.17. The van der Waals surface area contributed by atoms with Crippen molar-refractivity contribution in [3.8, 4) is 11.5 Å². The van der Waals surface area contributed by atoms with Crippen molar-refractivity contribution in [2.75, 3.05) is 20.1 Å². The molecule has 1 N–H and O–H groups in total. The summed E-state index contributed by atoms with van der Waals surface area (Å²) in [5.41, 5.74) is -0.401. The van der Waals surface area contributed by atoms with Gasteiger partial charge < -0.3 is 9.64 Å². The molecule has 2 heterocycles. The van der Waals surface area contributed by atoms with E-state index in [0.29, 0.717) is 43.3 Å². The number of hydrogen-bond donors (Lipinski definition) is 1. The van der Waals surface area contributed by atoms with Crippen LogP contribution in [0.4, 0.5) is 0 Å². The fourth-order valence-electron chi connectivity index (χ4n) is 4.65. The van der Waals surface area contributed by atoms with E-state index in [1.807, 2.05) is 37.3 Å². The smallest absolute Gasteiger partial charge is 0.243 e. The molecule has 0 saturated carbocycles. The van der Waals surface area contributed by atoms with Gasteiger partial charge in [-0.2, -0.15) is 4.31 Å². The lowest BCUT2D eigenvalue weighted by molar-refractivity contribution is -0.131. The van der Waals surface area contributed by atoms with Gasteiger partial charge in [0.1, 0.15) is 17.3 Å². The second kappa shape index (κ2) is 8.67. The van der Waals surface area contributed by atoms with E-state index in [-0.39, 0.29) is 16.7 Å². The molecule has 2 aromatic carbocycles. The zero-order valence-electron chi connectivity index (χ0n) is 18.5. The second-order valence-corrected chi connectivity index (χ2v) is 10.9. The van der Waals surface area contributed by atoms with E-state index in [2.05, 4.69) is 0 Å². The molecule has 0 aromatic heterocycles. The molecular formula is C24H29N3O4S. The summed E-state index contributed by atoms with van der Waals surface area (Å²) in [6.07, 6.45) is 2.43. The Kier molecular flexibility index (Phi) is 6.09. The van der Waals surface area contributed by atoms with Gasteiger partial charge >= 0.3 is 0 Å². The summed E-state index contributed by atoms with van der Waals surface area (Å²) >= 11 is 0. The number of benzene rings is 2. The molecule has 2 aromatic rings. The number of hydrogen-bond acceptors (Lipinski definition) is 5. The van der Waals surface area contributed by atoms with E-state index in [1.54, 1.807) is 31.3 Å². The molecule has 170 valence electrons. The van der Waals surface area contributed by atoms with E-state index in [4.69, 9.17) is 10.1 Å². The zero-order chi connectivity index (χ0) is 22.9. The molecule has 7 nitrogen and oxygen atoms in total. The predicted octanol–water partition coefficient (Wildman–Crippen LogP) is 4.12. The number of amides is 1. The maximum Gasteiger partial charge on any atom is 0.243 e. The van der Waals surface area contributed by atoms with Crippen LogP contribution in [0.3, 0.4) is 0 Å². The molecule has 2 aliphatic rings. The molecule has 4 rings (SSSR count). The summed E-state index contributed by atoms with van der Waals surface area (Å²) in [5.74, 6) is 1.52. The van der Waals surface area contributed by atoms with Gasteiger partial charge in [0.2, 0.25) is 15.9 Å². The lowest BCUT2D eigenvalue weighted by Crippen LogP contribution is -2.51. The molecule has 2 aliphatic heterocycles. The Bertz CT molecular complexity index is 1080. The van der Waals surface area contributed by atoms with Crippen LogP contribution in [-0.2, 0) is 14.8 Å². The first-order valence-corrected chi connectivity index (χ1v) is 12.3. The third-order valence-electron chi connectivity index (χ3n) is 6.72. The molecule has 1 unspecified atom stereocenters. The van der Waals surface area contributed by atoms with Crippen LogP contribution in [0.15, 0.2) is 59.5 Å². The molecule has 8 heteroatoms. The van der Waals surface area contributed by atoms with Gasteiger partial charge in [0.05, 0.1) is 4.90 Å². The van der Waals surface area contributed by atoms with Crippen molar-refractivity contribution in [3.05, 3.63) is 54.6 Å². The molecule has 1 amide bonds. The van der Waals surface area contributed by atoms with Gasteiger partial charge in [0, 0.05) is 33.0 Å². The van der Waals surface area contributed by atoms with Crippen LogP contribution in [-0.4, -0.2) is 49.5 Å². The third kappa shape index (κ3) is 4.42. The number of amidine groups is 1. The maximum atomic E-state index is 13.3. The predicted molar refractivity (Wildman–Crippen MR) is 122 cm³/mol. The molecule has 2 fully saturated rings. The molecule has 0 spiro atoms. The largest absolute Gasteiger partial charge is 0.457 e. The van der Waals surface area contributed by atoms with E-state index in [9.17, 15) is 13.2 Å². The highest BCUT2D eigenvalue weighted by atomic mass is 32.2. The number of ether oxygens (including phenoxy) is 1. The first kappa shape index (κ1) is 22.5. The minimum atomic E-state index is -3.66. The minimum absolute atomic E-state index is 0.0321. The van der Waals surface area contributed by atoms with Gasteiger partial charge in [-0.15, -0.1) is 0 Å². The summed E-state index contributed by atoms with van der Waals surface area (Å²) in [6.45, 7) is 2.84. The maximum absolute atomic E-state index is 13.3. The normalized spacial score (nSPS) is 25.1. The van der Waals surface area contributed by atoms with Crippen LogP contribution in [0, 0.1) is 16.7 Å². The van der Waals surface area contributed by atoms with E-state index in [1.165, 1.54) is 9.21 Å². The standard InChI is InChI=1S/C24H29N3O4S/c1-24(15-22(25)26(2)23(28)16-24)18-7-6-14-27(17-18)32(29,30)21-12-10-20(11-13-21)31-19-8-4-3-5-9-19/h3-5,8-13,18,25H,6-7,14-17H2,1-2H3/t18?,24-/m0/s1. The summed E-state index contributed by atoms with van der Waals surface area (Å²) in [7, 11) is -2.03. The van der Waals surface area contributed by atoms with E-state index >= 15 is 0 Å². The van der Waals surface area contributed by atoms with Crippen molar-refractivity contribution in [1.29, 1.82) is 5.41 Å². The number of carbonyl (C=O) groups is 1. The number of piperidine rings is 2. The van der Waals surface area contributed by atoms with Gasteiger partial charge in [0.15, 0.2) is 0 Å². The van der Waals surface area contributed by atoms with Crippen molar-refractivity contribution in [3.63, 3.8) is 0 Å². The third-order valence-corrected chi connectivity index (χ3v) is 8.59. The molecule has 2 saturated heterocycles. The average molecular weight is 456 g/mol. The van der Waals surface area contributed by atoms with Crippen LogP contribution in [0.2, 0.25) is 0 Å². The number of sulfonamides is 1. The molecule has 2 atom stereocenters. The number of nitrogens with zero attached hydrogens (tertiary/aromatic N) is 2. The van der Waals surface area contributed by atoms with Crippen LogP contribution in [0.1, 0.15) is 32.6 Å². The van der Waals surface area contributed by atoms with Crippen LogP contribution in [0.25, 0.3) is 0 Å². The Balaban J connectivity index is 1.49. The van der Waals surface area contributed by atoms with Crippen molar-refractivity contribution in [1.82, 2.24) is 9.21 Å². The Labute approximate surface area is 189 Å². The quantitative estimate of drug-likeness (QED) is 0.734. The monoisotopic (exact) mass is 455 g/mol. The highest BCUT2D eigenvalue weighted by molar-refractivity contribution is 7.89. The van der Waals surface area contributed by atoms with Crippen LogP contribution >= 0.6 is 0 Å². The highest BCUT2D eigenvalue weighted by Gasteiger charge is 2.45. The van der Waals surface area contributed by atoms with Crippen molar-refractivity contribution in [2.24, 2.45) is 11.3 Å². The molecule has 0 bridgehead atoms. The summed E-state index contributed by atoms with van der Waals surface area (Å²) < 4.78 is 34.0. The van der Waals surface area contributed by atoms with Crippen molar-refractivity contribution >= 4 is 21.8 Å². The van der Waals surface area contributed by atoms with Gasteiger partial charge in [0.25, 0.3) is 0 Å².